The van der Waals surface area contributed by atoms with Gasteiger partial charge in [0.1, 0.15) is 6.10 Å². The van der Waals surface area contributed by atoms with Crippen molar-refractivity contribution < 1.29 is 29.3 Å². The first kappa shape index (κ1) is 39.5. The van der Waals surface area contributed by atoms with E-state index in [-0.39, 0.29) is 51.8 Å². The second kappa shape index (κ2) is 13.5. The summed E-state index contributed by atoms with van der Waals surface area (Å²) in [5.74, 6) is 0.0236. The Morgan fingerprint density at radius 3 is 2.35 bits per heavy atom. The number of carboxylic acid groups (broad SMARTS) is 1. The number of carbonyl (C=O) groups excluding carboxylic acids is 2. The van der Waals surface area contributed by atoms with Crippen LogP contribution in [0.2, 0.25) is 5.02 Å². The predicted molar refractivity (Wildman–Crippen MR) is 205 cm³/mol. The lowest BCUT2D eigenvalue weighted by Crippen LogP contribution is -2.66. The summed E-state index contributed by atoms with van der Waals surface area (Å²) in [6.07, 6.45) is 7.14. The Kier molecular flexibility index (Phi) is 10.3. The van der Waals surface area contributed by atoms with Gasteiger partial charge in [0, 0.05) is 35.4 Å². The Morgan fingerprint density at radius 2 is 1.69 bits per heavy atom. The standard InChI is InChI=1S/C44H64ClNO6/c1-26(2)36-30(47)22-44(33(48)25-46-24-27-11-10-12-28(45)21-27)20-19-42(8)29(37(36)44)13-14-32-41(7)17-16-34(52-35(49)23-39(3,4)38(50)51)40(5,6)31(41)15-18-43(32,42)9/h10-12,21,26,29,31-34,46,48H,13-20,22-25H2,1-9H3,(H,50,51)/t29-,31?,32-,33?,34+,41+,42-,43-,44?/m1/s1. The van der Waals surface area contributed by atoms with Crippen LogP contribution in [-0.2, 0) is 25.7 Å². The third-order valence-electron chi connectivity index (χ3n) is 16.1. The number of aliphatic carboxylic acids is 1. The molecule has 0 amide bonds. The van der Waals surface area contributed by atoms with Gasteiger partial charge in [-0.15, -0.1) is 0 Å². The summed E-state index contributed by atoms with van der Waals surface area (Å²) in [5, 5.41) is 25.9. The van der Waals surface area contributed by atoms with Crippen molar-refractivity contribution in [3.8, 4) is 0 Å². The number of aliphatic hydroxyl groups excluding tert-OH is 1. The number of fused-ring (bicyclic) bond motifs is 7. The highest BCUT2D eigenvalue weighted by Gasteiger charge is 2.70. The summed E-state index contributed by atoms with van der Waals surface area (Å²) in [5.41, 5.74) is 1.49. The minimum absolute atomic E-state index is 0.0166. The van der Waals surface area contributed by atoms with Gasteiger partial charge in [-0.05, 0) is 128 Å². The molecule has 1 aromatic rings. The molecule has 0 heterocycles. The van der Waals surface area contributed by atoms with Crippen molar-refractivity contribution >= 4 is 29.3 Å². The van der Waals surface area contributed by atoms with E-state index in [0.717, 1.165) is 62.5 Å². The lowest BCUT2D eigenvalue weighted by atomic mass is 9.33. The molecule has 3 unspecified atom stereocenters. The quantitative estimate of drug-likeness (QED) is 0.205. The molecule has 4 saturated carbocycles. The molecule has 288 valence electrons. The molecule has 5 aliphatic carbocycles. The number of hydrogen-bond donors (Lipinski definition) is 3. The number of ether oxygens (including phenoxy) is 1. The third kappa shape index (κ3) is 6.11. The van der Waals surface area contributed by atoms with E-state index in [2.05, 4.69) is 53.8 Å². The zero-order valence-electron chi connectivity index (χ0n) is 33.2. The minimum atomic E-state index is -1.17. The minimum Gasteiger partial charge on any atom is -0.481 e. The number of carbonyl (C=O) groups is 3. The van der Waals surface area contributed by atoms with E-state index in [4.69, 9.17) is 16.3 Å². The molecule has 3 N–H and O–H groups in total. The Balaban J connectivity index is 1.26. The molecule has 4 fully saturated rings. The smallest absolute Gasteiger partial charge is 0.309 e. The number of ketones is 1. The Bertz CT molecular complexity index is 1630. The average Bonchev–Trinajstić information content (AvgIpc) is 3.36. The molecule has 0 saturated heterocycles. The van der Waals surface area contributed by atoms with E-state index in [0.29, 0.717) is 36.4 Å². The van der Waals surface area contributed by atoms with E-state index in [1.54, 1.807) is 13.8 Å². The molecule has 52 heavy (non-hydrogen) atoms. The molecule has 0 spiro atoms. The highest BCUT2D eigenvalue weighted by Crippen LogP contribution is 2.77. The molecule has 7 nitrogen and oxygen atoms in total. The number of benzene rings is 1. The topological polar surface area (TPSA) is 113 Å². The Labute approximate surface area is 317 Å². The van der Waals surface area contributed by atoms with Crippen LogP contribution in [0.3, 0.4) is 0 Å². The van der Waals surface area contributed by atoms with Gasteiger partial charge in [-0.1, -0.05) is 77.8 Å². The molecule has 0 radical (unpaired) electrons. The number of aliphatic hydroxyl groups is 1. The molecule has 0 aromatic heterocycles. The van der Waals surface area contributed by atoms with Crippen LogP contribution in [0.25, 0.3) is 0 Å². The number of halogens is 1. The molecule has 6 rings (SSSR count). The average molecular weight is 738 g/mol. The normalized spacial score (nSPS) is 37.5. The van der Waals surface area contributed by atoms with Crippen LogP contribution < -0.4 is 5.32 Å². The molecule has 8 heteroatoms. The van der Waals surface area contributed by atoms with Crippen molar-refractivity contribution in [3.63, 3.8) is 0 Å². The van der Waals surface area contributed by atoms with Gasteiger partial charge < -0.3 is 20.3 Å². The first-order valence-electron chi connectivity index (χ1n) is 20.0. The van der Waals surface area contributed by atoms with E-state index in [9.17, 15) is 24.6 Å². The molecular formula is C44H64ClNO6. The Hall–Kier alpha value is -2.22. The number of carboxylic acids is 1. The SMILES string of the molecule is CC(C)C1=C2[C@H]3CC[C@@H]4[C@@]5(C)CC[C@H](OC(=O)CC(C)(C)C(=O)O)C(C)(C)C5CC[C@@]4(C)[C@]3(C)CCC2(C(O)CNCc2cccc(Cl)c2)CC1=O. The van der Waals surface area contributed by atoms with Gasteiger partial charge in [0.25, 0.3) is 0 Å². The Morgan fingerprint density at radius 1 is 0.981 bits per heavy atom. The monoisotopic (exact) mass is 737 g/mol. The van der Waals surface area contributed by atoms with Crippen molar-refractivity contribution in [2.45, 2.75) is 145 Å². The second-order valence-corrected chi connectivity index (χ2v) is 20.3. The summed E-state index contributed by atoms with van der Waals surface area (Å²) in [4.78, 5) is 38.8. The maximum Gasteiger partial charge on any atom is 0.309 e. The summed E-state index contributed by atoms with van der Waals surface area (Å²) in [7, 11) is 0. The number of esters is 1. The van der Waals surface area contributed by atoms with Crippen molar-refractivity contribution in [1.82, 2.24) is 5.32 Å². The zero-order chi connectivity index (χ0) is 38.2. The van der Waals surface area contributed by atoms with Crippen molar-refractivity contribution in [2.75, 3.05) is 6.54 Å². The second-order valence-electron chi connectivity index (χ2n) is 19.8. The number of hydrogen-bond acceptors (Lipinski definition) is 6. The van der Waals surface area contributed by atoms with E-state index < -0.39 is 28.9 Å². The zero-order valence-corrected chi connectivity index (χ0v) is 33.9. The number of nitrogens with one attached hydrogen (secondary N) is 1. The fraction of sp³-hybridized carbons (Fsp3) is 0.750. The molecule has 1 aromatic carbocycles. The van der Waals surface area contributed by atoms with Gasteiger partial charge in [0.05, 0.1) is 17.9 Å². The molecular weight excluding hydrogens is 674 g/mol. The summed E-state index contributed by atoms with van der Waals surface area (Å²) >= 11 is 6.24. The van der Waals surface area contributed by atoms with Crippen molar-refractivity contribution in [2.24, 2.45) is 56.2 Å². The lowest BCUT2D eigenvalue weighted by Gasteiger charge is -2.72. The number of rotatable bonds is 10. The molecule has 5 aliphatic rings. The molecule has 0 bridgehead atoms. The van der Waals surface area contributed by atoms with E-state index in [1.807, 2.05) is 24.3 Å². The van der Waals surface area contributed by atoms with Gasteiger partial charge in [-0.25, -0.2) is 0 Å². The van der Waals surface area contributed by atoms with Gasteiger partial charge in [0.15, 0.2) is 5.78 Å². The van der Waals surface area contributed by atoms with E-state index in [1.165, 1.54) is 5.57 Å². The molecule has 9 atom stereocenters. The van der Waals surface area contributed by atoms with E-state index >= 15 is 0 Å². The first-order valence-corrected chi connectivity index (χ1v) is 20.4. The predicted octanol–water partition coefficient (Wildman–Crippen LogP) is 9.18. The highest BCUT2D eigenvalue weighted by atomic mass is 35.5. The van der Waals surface area contributed by atoms with Crippen LogP contribution in [0.5, 0.6) is 0 Å². The van der Waals surface area contributed by atoms with Crippen molar-refractivity contribution in [3.05, 3.63) is 46.0 Å². The van der Waals surface area contributed by atoms with Crippen LogP contribution in [0.1, 0.15) is 132 Å². The fourth-order valence-corrected chi connectivity index (χ4v) is 13.3. The third-order valence-corrected chi connectivity index (χ3v) is 16.3. The van der Waals surface area contributed by atoms with Crippen LogP contribution >= 0.6 is 11.6 Å². The maximum absolute atomic E-state index is 14.0. The fourth-order valence-electron chi connectivity index (χ4n) is 13.1. The maximum atomic E-state index is 14.0. The van der Waals surface area contributed by atoms with Gasteiger partial charge in [-0.2, -0.15) is 0 Å². The lowest BCUT2D eigenvalue weighted by molar-refractivity contribution is -0.235. The summed E-state index contributed by atoms with van der Waals surface area (Å²) < 4.78 is 6.16. The molecule has 0 aliphatic heterocycles. The van der Waals surface area contributed by atoms with Crippen LogP contribution in [0.15, 0.2) is 35.4 Å². The highest BCUT2D eigenvalue weighted by molar-refractivity contribution is 6.30. The summed E-state index contributed by atoms with van der Waals surface area (Å²) in [6.45, 7) is 20.6. The summed E-state index contributed by atoms with van der Waals surface area (Å²) in [6, 6.07) is 7.80. The van der Waals surface area contributed by atoms with Crippen LogP contribution in [0, 0.1) is 56.2 Å². The van der Waals surface area contributed by atoms with Crippen molar-refractivity contribution in [1.29, 1.82) is 0 Å². The van der Waals surface area contributed by atoms with Crippen LogP contribution in [0.4, 0.5) is 0 Å². The largest absolute Gasteiger partial charge is 0.481 e. The van der Waals surface area contributed by atoms with Gasteiger partial charge in [0.2, 0.25) is 0 Å². The van der Waals surface area contributed by atoms with Gasteiger partial charge in [-0.3, -0.25) is 14.4 Å². The van der Waals surface area contributed by atoms with Crippen LogP contribution in [-0.4, -0.2) is 46.7 Å². The number of allylic oxidation sites excluding steroid dienone is 1. The van der Waals surface area contributed by atoms with Gasteiger partial charge >= 0.3 is 11.9 Å². The number of Topliss-reactive ketones (excluding diaryl/α,β-unsaturated/α-hetero) is 1. The first-order chi connectivity index (χ1) is 24.1.